The van der Waals surface area contributed by atoms with Gasteiger partial charge in [0, 0.05) is 43.3 Å². The Bertz CT molecular complexity index is 496. The molecule has 1 aliphatic rings. The van der Waals surface area contributed by atoms with E-state index in [0.717, 1.165) is 44.5 Å². The summed E-state index contributed by atoms with van der Waals surface area (Å²) in [6.07, 6.45) is 1.19. The van der Waals surface area contributed by atoms with E-state index in [1.807, 2.05) is 11.8 Å². The molecule has 6 heteroatoms. The Balaban J connectivity index is 0.00000288. The van der Waals surface area contributed by atoms with Gasteiger partial charge in [-0.15, -0.1) is 35.7 Å². The maximum absolute atomic E-state index is 5.28. The minimum atomic E-state index is 0. The van der Waals surface area contributed by atoms with Crippen molar-refractivity contribution in [2.45, 2.75) is 25.2 Å². The Morgan fingerprint density at radius 3 is 2.79 bits per heavy atom. The van der Waals surface area contributed by atoms with E-state index in [4.69, 9.17) is 9.73 Å². The molecule has 24 heavy (non-hydrogen) atoms. The highest BCUT2D eigenvalue weighted by Gasteiger charge is 2.24. The average molecular weight is 463 g/mol. The van der Waals surface area contributed by atoms with Crippen LogP contribution in [-0.4, -0.2) is 56.5 Å². The van der Waals surface area contributed by atoms with Gasteiger partial charge in [-0.1, -0.05) is 17.7 Å². The van der Waals surface area contributed by atoms with Crippen LogP contribution in [0.25, 0.3) is 0 Å². The van der Waals surface area contributed by atoms with Crippen LogP contribution in [0.2, 0.25) is 0 Å². The average Bonchev–Trinajstić information content (AvgIpc) is 3.01. The molecule has 1 unspecified atom stereocenters. The van der Waals surface area contributed by atoms with Gasteiger partial charge in [0.25, 0.3) is 0 Å². The second-order valence-electron chi connectivity index (χ2n) is 5.95. The van der Waals surface area contributed by atoms with Gasteiger partial charge in [-0.25, -0.2) is 0 Å². The number of guanidine groups is 1. The zero-order valence-corrected chi connectivity index (χ0v) is 18.1. The van der Waals surface area contributed by atoms with Crippen molar-refractivity contribution >= 4 is 41.7 Å². The first kappa shape index (κ1) is 21.6. The number of nitrogens with one attached hydrogen (secondary N) is 1. The number of nitrogens with zero attached hydrogens (tertiary/aromatic N) is 2. The molecule has 0 saturated carbocycles. The van der Waals surface area contributed by atoms with Gasteiger partial charge in [0.2, 0.25) is 0 Å². The summed E-state index contributed by atoms with van der Waals surface area (Å²) in [7, 11) is 1.78. The van der Waals surface area contributed by atoms with Crippen LogP contribution in [0.15, 0.2) is 34.2 Å². The predicted octanol–water partition coefficient (Wildman–Crippen LogP) is 3.64. The van der Waals surface area contributed by atoms with E-state index in [0.29, 0.717) is 5.92 Å². The van der Waals surface area contributed by atoms with E-state index in [2.05, 4.69) is 48.3 Å². The van der Waals surface area contributed by atoms with Crippen LogP contribution in [0.1, 0.15) is 18.9 Å². The molecule has 136 valence electrons. The third-order valence-electron chi connectivity index (χ3n) is 3.97. The third-order valence-corrected chi connectivity index (χ3v) is 4.96. The number of benzene rings is 1. The van der Waals surface area contributed by atoms with E-state index in [1.165, 1.54) is 16.9 Å². The Labute approximate surface area is 167 Å². The normalized spacial score (nSPS) is 17.7. The summed E-state index contributed by atoms with van der Waals surface area (Å²) in [6, 6.07) is 8.70. The van der Waals surface area contributed by atoms with Crippen molar-refractivity contribution in [3.63, 3.8) is 0 Å². The predicted molar refractivity (Wildman–Crippen MR) is 115 cm³/mol. The van der Waals surface area contributed by atoms with Crippen molar-refractivity contribution in [2.24, 2.45) is 10.9 Å². The fourth-order valence-corrected chi connectivity index (χ4v) is 3.52. The highest BCUT2D eigenvalue weighted by atomic mass is 127. The first-order valence-electron chi connectivity index (χ1n) is 8.44. The lowest BCUT2D eigenvalue weighted by Gasteiger charge is -2.21. The van der Waals surface area contributed by atoms with Crippen LogP contribution >= 0.6 is 35.7 Å². The fraction of sp³-hybridized carbons (Fsp3) is 0.611. The number of aryl methyl sites for hydroxylation is 1. The molecule has 0 amide bonds. The van der Waals surface area contributed by atoms with E-state index >= 15 is 0 Å². The zero-order chi connectivity index (χ0) is 16.5. The summed E-state index contributed by atoms with van der Waals surface area (Å²) in [5, 5.41) is 3.42. The monoisotopic (exact) mass is 463 g/mol. The van der Waals surface area contributed by atoms with Gasteiger partial charge < -0.3 is 15.0 Å². The smallest absolute Gasteiger partial charge is 0.193 e. The lowest BCUT2D eigenvalue weighted by atomic mass is 10.1. The Hall–Kier alpha value is -0.470. The topological polar surface area (TPSA) is 36.9 Å². The Morgan fingerprint density at radius 1 is 1.38 bits per heavy atom. The Kier molecular flexibility index (Phi) is 10.8. The van der Waals surface area contributed by atoms with Crippen molar-refractivity contribution < 1.29 is 4.74 Å². The lowest BCUT2D eigenvalue weighted by molar-refractivity contribution is 0.157. The number of hydrogen-bond donors (Lipinski definition) is 1. The second-order valence-corrected chi connectivity index (χ2v) is 7.12. The van der Waals surface area contributed by atoms with E-state index in [-0.39, 0.29) is 24.0 Å². The number of hydrogen-bond acceptors (Lipinski definition) is 3. The van der Waals surface area contributed by atoms with Crippen LogP contribution in [0.5, 0.6) is 0 Å². The standard InChI is InChI=1S/C18H29N3OS.HI/c1-4-19-18(21-11-9-16(13-21)14-22-3)20-10-12-23-17-7-5-15(2)6-8-17;/h5-8,16H,4,9-14H2,1-3H3,(H,19,20);1H. The van der Waals surface area contributed by atoms with Crippen LogP contribution in [-0.2, 0) is 4.74 Å². The molecule has 1 atom stereocenters. The minimum Gasteiger partial charge on any atom is -0.384 e. The van der Waals surface area contributed by atoms with Crippen LogP contribution < -0.4 is 5.32 Å². The highest BCUT2D eigenvalue weighted by Crippen LogP contribution is 2.19. The zero-order valence-electron chi connectivity index (χ0n) is 15.0. The molecule has 0 aliphatic carbocycles. The molecule has 2 rings (SSSR count). The van der Waals surface area contributed by atoms with Crippen molar-refractivity contribution in [2.75, 3.05) is 45.6 Å². The molecule has 0 bridgehead atoms. The van der Waals surface area contributed by atoms with E-state index < -0.39 is 0 Å². The van der Waals surface area contributed by atoms with Crippen LogP contribution in [0.4, 0.5) is 0 Å². The van der Waals surface area contributed by atoms with Crippen molar-refractivity contribution in [3.05, 3.63) is 29.8 Å². The lowest BCUT2D eigenvalue weighted by Crippen LogP contribution is -2.40. The van der Waals surface area contributed by atoms with Crippen molar-refractivity contribution in [1.82, 2.24) is 10.2 Å². The van der Waals surface area contributed by atoms with Crippen LogP contribution in [0.3, 0.4) is 0 Å². The van der Waals surface area contributed by atoms with Crippen LogP contribution in [0, 0.1) is 12.8 Å². The fourth-order valence-electron chi connectivity index (χ4n) is 2.77. The molecule has 0 spiro atoms. The van der Waals surface area contributed by atoms with Crippen molar-refractivity contribution in [3.8, 4) is 0 Å². The van der Waals surface area contributed by atoms with Gasteiger partial charge in [0.15, 0.2) is 5.96 Å². The third kappa shape index (κ3) is 7.19. The molecule has 1 aliphatic heterocycles. The van der Waals surface area contributed by atoms with Gasteiger partial charge in [-0.3, -0.25) is 4.99 Å². The molecule has 4 nitrogen and oxygen atoms in total. The quantitative estimate of drug-likeness (QED) is 0.220. The maximum Gasteiger partial charge on any atom is 0.193 e. The summed E-state index contributed by atoms with van der Waals surface area (Å²) >= 11 is 1.87. The van der Waals surface area contributed by atoms with Gasteiger partial charge in [-0.05, 0) is 32.4 Å². The molecule has 1 aromatic rings. The number of aliphatic imine (C=N–C) groups is 1. The molecule has 1 fully saturated rings. The minimum absolute atomic E-state index is 0. The summed E-state index contributed by atoms with van der Waals surface area (Å²) in [5.41, 5.74) is 1.31. The number of halogens is 1. The van der Waals surface area contributed by atoms with E-state index in [1.54, 1.807) is 7.11 Å². The number of thioether (sulfide) groups is 1. The molecular weight excluding hydrogens is 433 g/mol. The number of rotatable bonds is 7. The molecular formula is C18H30IN3OS. The molecule has 1 saturated heterocycles. The van der Waals surface area contributed by atoms with Gasteiger partial charge in [0.1, 0.15) is 0 Å². The molecule has 0 aromatic heterocycles. The van der Waals surface area contributed by atoms with Gasteiger partial charge in [-0.2, -0.15) is 0 Å². The summed E-state index contributed by atoms with van der Waals surface area (Å²) in [4.78, 5) is 8.47. The summed E-state index contributed by atoms with van der Waals surface area (Å²) in [5.74, 6) is 2.69. The summed E-state index contributed by atoms with van der Waals surface area (Å²) < 4.78 is 5.28. The second kappa shape index (κ2) is 12.0. The SMILES string of the molecule is CCNC(=NCCSc1ccc(C)cc1)N1CCC(COC)C1.I. The number of likely N-dealkylation sites (tertiary alicyclic amines) is 1. The number of ether oxygens (including phenoxy) is 1. The maximum atomic E-state index is 5.28. The van der Waals surface area contributed by atoms with Gasteiger partial charge >= 0.3 is 0 Å². The molecule has 1 heterocycles. The molecule has 1 aromatic carbocycles. The largest absolute Gasteiger partial charge is 0.384 e. The summed E-state index contributed by atoms with van der Waals surface area (Å²) in [6.45, 7) is 8.96. The first-order valence-corrected chi connectivity index (χ1v) is 9.43. The van der Waals surface area contributed by atoms with E-state index in [9.17, 15) is 0 Å². The van der Waals surface area contributed by atoms with Gasteiger partial charge in [0.05, 0.1) is 13.2 Å². The number of methoxy groups -OCH3 is 1. The highest BCUT2D eigenvalue weighted by molar-refractivity contribution is 14.0. The Morgan fingerprint density at radius 2 is 2.12 bits per heavy atom. The molecule has 1 N–H and O–H groups in total. The molecule has 0 radical (unpaired) electrons. The van der Waals surface area contributed by atoms with Crippen molar-refractivity contribution in [1.29, 1.82) is 0 Å². The first-order chi connectivity index (χ1) is 11.2.